The molecule has 0 atom stereocenters. The normalized spacial score (nSPS) is 11.2. The molecule has 19 nitrogen and oxygen atoms in total. The van der Waals surface area contributed by atoms with Gasteiger partial charge in [-0.3, -0.25) is 0 Å². The Labute approximate surface area is 263 Å². The van der Waals surface area contributed by atoms with Gasteiger partial charge < -0.3 is 94.0 Å². The standard InChI is InChI=1S/3C5H14NO.3C3H8O3.H3O4P/c3*1-6(2,3)4-5-7;3*4-1-3(6)2-5;1-5(2,3)4/h3*7H,4-5H2,1-3H3;3*3-6H,1-2H2;(H3,1,2,3,4)/q3*+1;;;;/p-3. The first-order valence-corrected chi connectivity index (χ1v) is 14.7. The fourth-order valence-electron chi connectivity index (χ4n) is 1.07. The molecule has 44 heavy (non-hydrogen) atoms. The highest BCUT2D eigenvalue weighted by Crippen LogP contribution is 2.03. The van der Waals surface area contributed by atoms with Gasteiger partial charge in [-0.05, 0) is 0 Å². The lowest BCUT2D eigenvalue weighted by Crippen LogP contribution is -2.36. The van der Waals surface area contributed by atoms with E-state index in [0.717, 1.165) is 33.1 Å². The highest BCUT2D eigenvalue weighted by Gasteiger charge is 2.03. The topological polar surface area (TPSA) is 329 Å². The fourth-order valence-corrected chi connectivity index (χ4v) is 1.07. The first-order chi connectivity index (χ1) is 19.6. The Morgan fingerprint density at radius 2 is 0.545 bits per heavy atom. The van der Waals surface area contributed by atoms with Crippen LogP contribution in [0, 0.1) is 0 Å². The predicted octanol–water partition coefficient (Wildman–Crippen LogP) is -8.77. The van der Waals surface area contributed by atoms with Crippen LogP contribution in [-0.4, -0.2) is 236 Å². The summed E-state index contributed by atoms with van der Waals surface area (Å²) in [5, 5.41) is 97.2. The van der Waals surface area contributed by atoms with E-state index < -0.39 is 26.1 Å². The van der Waals surface area contributed by atoms with Crippen LogP contribution < -0.4 is 14.7 Å². The van der Waals surface area contributed by atoms with Crippen LogP contribution in [0.4, 0.5) is 0 Å². The Bertz CT molecular complexity index is 489. The maximum absolute atomic E-state index is 8.55. The van der Waals surface area contributed by atoms with Crippen molar-refractivity contribution in [2.75, 3.05) is 143 Å². The molecule has 0 amide bonds. The Hall–Kier alpha value is -0.490. The molecular formula is C24H66N3O16P. The molecule has 20 heteroatoms. The summed E-state index contributed by atoms with van der Waals surface area (Å²) in [5.74, 6) is 0. The minimum atomic E-state index is -5.39. The van der Waals surface area contributed by atoms with E-state index in [1.54, 1.807) is 0 Å². The van der Waals surface area contributed by atoms with Crippen LogP contribution in [-0.2, 0) is 4.57 Å². The molecule has 12 N–H and O–H groups in total. The van der Waals surface area contributed by atoms with Crippen LogP contribution in [0.1, 0.15) is 0 Å². The molecule has 0 unspecified atom stereocenters. The van der Waals surface area contributed by atoms with Gasteiger partial charge >= 0.3 is 0 Å². The van der Waals surface area contributed by atoms with E-state index >= 15 is 0 Å². The maximum Gasteiger partial charge on any atom is 0.101 e. The zero-order valence-electron chi connectivity index (χ0n) is 28.0. The highest BCUT2D eigenvalue weighted by atomic mass is 31.2. The smallest absolute Gasteiger partial charge is 0.101 e. The molecule has 0 fully saturated rings. The second kappa shape index (κ2) is 37.0. The van der Waals surface area contributed by atoms with Gasteiger partial charge in [0, 0.05) is 0 Å². The monoisotopic (exact) mass is 683 g/mol. The average molecular weight is 684 g/mol. The molecular weight excluding hydrogens is 617 g/mol. The maximum atomic E-state index is 8.55. The molecule has 0 radical (unpaired) electrons. The molecule has 0 rings (SSSR count). The van der Waals surface area contributed by atoms with E-state index in [1.807, 2.05) is 0 Å². The zero-order valence-corrected chi connectivity index (χ0v) is 28.9. The second-order valence-electron chi connectivity index (χ2n) is 11.7. The average Bonchev–Trinajstić information content (AvgIpc) is 2.86. The number of rotatable bonds is 12. The Kier molecular flexibility index (Phi) is 49.6. The summed E-state index contributed by atoms with van der Waals surface area (Å²) in [4.78, 5) is 25.6. The van der Waals surface area contributed by atoms with Crippen LogP contribution >= 0.6 is 7.82 Å². The largest absolute Gasteiger partial charge is 0.822 e. The highest BCUT2D eigenvalue weighted by molar-refractivity contribution is 7.40. The Morgan fingerprint density at radius 1 is 0.432 bits per heavy atom. The van der Waals surface area contributed by atoms with E-state index in [0.29, 0.717) is 0 Å². The number of aliphatic hydroxyl groups excluding tert-OH is 12. The molecule has 0 aromatic heterocycles. The van der Waals surface area contributed by atoms with Gasteiger partial charge in [0.25, 0.3) is 0 Å². The van der Waals surface area contributed by atoms with Crippen LogP contribution in [0.2, 0.25) is 0 Å². The van der Waals surface area contributed by atoms with Crippen molar-refractivity contribution in [3.8, 4) is 0 Å². The lowest BCUT2D eigenvalue weighted by Gasteiger charge is -2.36. The van der Waals surface area contributed by atoms with E-state index in [-0.39, 0.29) is 59.5 Å². The molecule has 0 saturated carbocycles. The van der Waals surface area contributed by atoms with Crippen molar-refractivity contribution in [1.82, 2.24) is 0 Å². The summed E-state index contributed by atoms with van der Waals surface area (Å²) in [6, 6.07) is 0. The number of hydrogen-bond acceptors (Lipinski definition) is 16. The van der Waals surface area contributed by atoms with Gasteiger partial charge in [-0.1, -0.05) is 0 Å². The lowest BCUT2D eigenvalue weighted by molar-refractivity contribution is -0.870. The van der Waals surface area contributed by atoms with Gasteiger partial charge in [0.05, 0.1) is 123 Å². The Balaban J connectivity index is -0.0000000728. The molecule has 0 bridgehead atoms. The fraction of sp³-hybridized carbons (Fsp3) is 1.00. The molecule has 0 aliphatic heterocycles. The van der Waals surface area contributed by atoms with Gasteiger partial charge in [0.2, 0.25) is 0 Å². The van der Waals surface area contributed by atoms with Gasteiger partial charge in [-0.2, -0.15) is 7.82 Å². The van der Waals surface area contributed by atoms with E-state index in [9.17, 15) is 0 Å². The quantitative estimate of drug-likeness (QED) is 0.0671. The van der Waals surface area contributed by atoms with E-state index in [1.165, 1.54) is 0 Å². The van der Waals surface area contributed by atoms with E-state index in [4.69, 9.17) is 80.5 Å². The third-order valence-corrected chi connectivity index (χ3v) is 3.58. The molecule has 0 aliphatic rings. The molecule has 0 saturated heterocycles. The SMILES string of the molecule is C[N+](C)(C)CCO.C[N+](C)(C)CCO.C[N+](C)(C)CCO.O=P([O-])([O-])[O-].OCC(O)CO.OCC(O)CO.OCC(O)CO. The minimum absolute atomic E-state index is 0.281. The number of aliphatic hydroxyl groups is 12. The first-order valence-electron chi connectivity index (χ1n) is 13.3. The van der Waals surface area contributed by atoms with Crippen molar-refractivity contribution in [2.24, 2.45) is 0 Å². The number of phosphoric acid groups is 1. The first kappa shape index (κ1) is 59.0. The van der Waals surface area contributed by atoms with Crippen molar-refractivity contribution >= 4 is 7.82 Å². The predicted molar refractivity (Wildman–Crippen MR) is 158 cm³/mol. The van der Waals surface area contributed by atoms with Crippen LogP contribution in [0.5, 0.6) is 0 Å². The minimum Gasteiger partial charge on any atom is -0.822 e. The van der Waals surface area contributed by atoms with Gasteiger partial charge in [-0.25, -0.2) is 0 Å². The lowest BCUT2D eigenvalue weighted by atomic mass is 10.4. The van der Waals surface area contributed by atoms with Crippen molar-refractivity contribution in [1.29, 1.82) is 0 Å². The summed E-state index contributed by atoms with van der Waals surface area (Å²) in [5.41, 5.74) is 0. The molecule has 0 aromatic rings. The number of likely N-dealkylation sites (N-methyl/N-ethyl adjacent to an activating group) is 3. The van der Waals surface area contributed by atoms with Crippen LogP contribution in [0.25, 0.3) is 0 Å². The summed E-state index contributed by atoms with van der Waals surface area (Å²) >= 11 is 0. The van der Waals surface area contributed by atoms with Crippen molar-refractivity contribution < 1.29 is 94.0 Å². The van der Waals surface area contributed by atoms with Gasteiger partial charge in [0.15, 0.2) is 0 Å². The van der Waals surface area contributed by atoms with Crippen molar-refractivity contribution in [3.05, 3.63) is 0 Å². The van der Waals surface area contributed by atoms with Crippen LogP contribution in [0.3, 0.4) is 0 Å². The van der Waals surface area contributed by atoms with Gasteiger partial charge in [-0.15, -0.1) is 0 Å². The summed E-state index contributed by atoms with van der Waals surface area (Å²) in [7, 11) is 13.1. The van der Waals surface area contributed by atoms with Crippen LogP contribution in [0.15, 0.2) is 0 Å². The number of quaternary nitrogens is 3. The summed E-state index contributed by atoms with van der Waals surface area (Å²) < 4.78 is 11.1. The summed E-state index contributed by atoms with van der Waals surface area (Å²) in [6.07, 6.45) is -2.86. The third-order valence-electron chi connectivity index (χ3n) is 3.58. The molecule has 0 spiro atoms. The Morgan fingerprint density at radius 3 is 0.545 bits per heavy atom. The third kappa shape index (κ3) is 123. The van der Waals surface area contributed by atoms with Gasteiger partial charge in [0.1, 0.15) is 37.9 Å². The number of nitrogens with zero attached hydrogens (tertiary/aromatic N) is 3. The van der Waals surface area contributed by atoms with Crippen molar-refractivity contribution in [2.45, 2.75) is 18.3 Å². The van der Waals surface area contributed by atoms with E-state index in [2.05, 4.69) is 63.4 Å². The zero-order chi connectivity index (χ0) is 37.2. The molecule has 278 valence electrons. The molecule has 0 aromatic carbocycles. The molecule has 0 aliphatic carbocycles. The molecule has 0 heterocycles. The second-order valence-corrected chi connectivity index (χ2v) is 12.6. The van der Waals surface area contributed by atoms with Crippen molar-refractivity contribution in [3.63, 3.8) is 0 Å². The number of hydrogen-bond donors (Lipinski definition) is 12. The summed E-state index contributed by atoms with van der Waals surface area (Å²) in [6.45, 7) is 1.16.